The number of aliphatic hydroxyl groups is 6. The highest BCUT2D eigenvalue weighted by Crippen LogP contribution is 2.41. The van der Waals surface area contributed by atoms with Crippen LogP contribution >= 0.6 is 0 Å². The van der Waals surface area contributed by atoms with Crippen LogP contribution in [0.4, 0.5) is 0 Å². The SMILES string of the molecule is O[C@@H]1[C@H](O)[C@@H](O)[C@]2(CO[C@]3(CO2)O[C@H](COCc2ccccc2)[C@H](O)[C@H](O)[C@H]3O)O[C@@H]1COCc1ccccc1. The van der Waals surface area contributed by atoms with E-state index >= 15 is 0 Å². The standard InChI is InChI=1S/C28H36O12/c29-21-19(13-35-11-17-7-3-1-4-8-17)39-27(25(33)23(21)31)15-38-28(16-37-27)26(34)24(32)22(30)20(40-28)14-36-12-18-9-5-2-6-10-18/h1-10,19-26,29-34H,11-16H2/t19-,20-,21+,22+,23+,24+,25-,26-,27-,28+/m1/s1. The summed E-state index contributed by atoms with van der Waals surface area (Å²) in [6.07, 6.45) is -11.9. The minimum Gasteiger partial charge on any atom is -0.387 e. The molecule has 5 rings (SSSR count). The molecule has 0 aliphatic carbocycles. The molecule has 0 saturated carbocycles. The Kier molecular flexibility index (Phi) is 9.17. The van der Waals surface area contributed by atoms with Crippen LogP contribution in [-0.4, -0.2) is 117 Å². The molecular formula is C28H36O12. The number of aliphatic hydroxyl groups excluding tert-OH is 6. The van der Waals surface area contributed by atoms with Gasteiger partial charge in [-0.1, -0.05) is 60.7 Å². The first-order valence-corrected chi connectivity index (χ1v) is 13.2. The summed E-state index contributed by atoms with van der Waals surface area (Å²) in [7, 11) is 0. The van der Waals surface area contributed by atoms with E-state index in [2.05, 4.69) is 0 Å². The molecule has 6 N–H and O–H groups in total. The van der Waals surface area contributed by atoms with Gasteiger partial charge in [-0.2, -0.15) is 0 Å². The molecule has 0 amide bonds. The van der Waals surface area contributed by atoms with E-state index in [1.165, 1.54) is 0 Å². The van der Waals surface area contributed by atoms with Gasteiger partial charge in [0.2, 0.25) is 11.6 Å². The van der Waals surface area contributed by atoms with Crippen molar-refractivity contribution < 1.29 is 59.1 Å². The van der Waals surface area contributed by atoms with Gasteiger partial charge in [0, 0.05) is 0 Å². The van der Waals surface area contributed by atoms with E-state index < -0.39 is 73.6 Å². The molecule has 12 heteroatoms. The molecule has 10 atom stereocenters. The van der Waals surface area contributed by atoms with E-state index in [-0.39, 0.29) is 26.4 Å². The van der Waals surface area contributed by atoms with E-state index in [1.807, 2.05) is 60.7 Å². The zero-order valence-corrected chi connectivity index (χ0v) is 21.8. The number of benzene rings is 2. The topological polar surface area (TPSA) is 177 Å². The molecule has 3 fully saturated rings. The zero-order chi connectivity index (χ0) is 28.3. The molecule has 220 valence electrons. The van der Waals surface area contributed by atoms with Gasteiger partial charge >= 0.3 is 0 Å². The molecule has 3 heterocycles. The van der Waals surface area contributed by atoms with Crippen molar-refractivity contribution in [2.75, 3.05) is 26.4 Å². The lowest BCUT2D eigenvalue weighted by Crippen LogP contribution is -2.75. The van der Waals surface area contributed by atoms with Crippen molar-refractivity contribution in [1.29, 1.82) is 0 Å². The van der Waals surface area contributed by atoms with Crippen molar-refractivity contribution in [1.82, 2.24) is 0 Å². The lowest BCUT2D eigenvalue weighted by Gasteiger charge is -2.56. The van der Waals surface area contributed by atoms with E-state index in [4.69, 9.17) is 28.4 Å². The summed E-state index contributed by atoms with van der Waals surface area (Å²) in [4.78, 5) is 0. The first-order chi connectivity index (χ1) is 19.2. The molecule has 0 radical (unpaired) electrons. The van der Waals surface area contributed by atoms with Crippen LogP contribution in [0, 0.1) is 0 Å². The predicted octanol–water partition coefficient (Wildman–Crippen LogP) is -1.18. The van der Waals surface area contributed by atoms with Gasteiger partial charge in [-0.25, -0.2) is 0 Å². The van der Waals surface area contributed by atoms with Gasteiger partial charge < -0.3 is 59.1 Å². The second-order valence-electron chi connectivity index (χ2n) is 10.4. The third-order valence-corrected chi connectivity index (χ3v) is 7.53. The van der Waals surface area contributed by atoms with Crippen molar-refractivity contribution in [2.45, 2.75) is 73.6 Å². The van der Waals surface area contributed by atoms with E-state index in [0.717, 1.165) is 11.1 Å². The van der Waals surface area contributed by atoms with Gasteiger partial charge in [-0.05, 0) is 11.1 Å². The van der Waals surface area contributed by atoms with Crippen molar-refractivity contribution in [3.63, 3.8) is 0 Å². The average Bonchev–Trinajstić information content (AvgIpc) is 2.98. The third-order valence-electron chi connectivity index (χ3n) is 7.53. The Morgan fingerprint density at radius 3 is 1.30 bits per heavy atom. The van der Waals surface area contributed by atoms with Gasteiger partial charge in [-0.15, -0.1) is 0 Å². The van der Waals surface area contributed by atoms with Crippen LogP contribution in [0.5, 0.6) is 0 Å². The second-order valence-corrected chi connectivity index (χ2v) is 10.4. The van der Waals surface area contributed by atoms with Gasteiger partial charge in [-0.3, -0.25) is 0 Å². The maximum atomic E-state index is 10.8. The average molecular weight is 565 g/mol. The first-order valence-electron chi connectivity index (χ1n) is 13.2. The normalized spacial score (nSPS) is 40.0. The van der Waals surface area contributed by atoms with E-state index in [9.17, 15) is 30.6 Å². The first kappa shape index (κ1) is 29.5. The molecule has 3 aliphatic rings. The van der Waals surface area contributed by atoms with Gasteiger partial charge in [0.25, 0.3) is 0 Å². The summed E-state index contributed by atoms with van der Waals surface area (Å²) in [5, 5.41) is 63.7. The van der Waals surface area contributed by atoms with Crippen molar-refractivity contribution in [3.05, 3.63) is 71.8 Å². The molecule has 0 unspecified atom stereocenters. The Morgan fingerprint density at radius 2 is 0.950 bits per heavy atom. The van der Waals surface area contributed by atoms with Crippen LogP contribution in [0.2, 0.25) is 0 Å². The molecule has 2 aromatic carbocycles. The zero-order valence-electron chi connectivity index (χ0n) is 21.8. The maximum Gasteiger partial charge on any atom is 0.222 e. The fraction of sp³-hybridized carbons (Fsp3) is 0.571. The van der Waals surface area contributed by atoms with Crippen molar-refractivity contribution in [3.8, 4) is 0 Å². The number of hydrogen-bond donors (Lipinski definition) is 6. The number of rotatable bonds is 8. The molecule has 0 aromatic heterocycles. The van der Waals surface area contributed by atoms with Gasteiger partial charge in [0.1, 0.15) is 62.0 Å². The second kappa shape index (κ2) is 12.4. The van der Waals surface area contributed by atoms with Crippen LogP contribution < -0.4 is 0 Å². The Hall–Kier alpha value is -2.04. The van der Waals surface area contributed by atoms with Crippen LogP contribution in [0.25, 0.3) is 0 Å². The predicted molar refractivity (Wildman–Crippen MR) is 135 cm³/mol. The lowest BCUT2D eigenvalue weighted by molar-refractivity contribution is -0.468. The largest absolute Gasteiger partial charge is 0.387 e. The van der Waals surface area contributed by atoms with Crippen LogP contribution in [-0.2, 0) is 41.6 Å². The molecule has 3 aliphatic heterocycles. The summed E-state index contributed by atoms with van der Waals surface area (Å²) in [5.74, 6) is -3.85. The highest BCUT2D eigenvalue weighted by Gasteiger charge is 2.63. The molecule has 0 bridgehead atoms. The van der Waals surface area contributed by atoms with Crippen molar-refractivity contribution >= 4 is 0 Å². The van der Waals surface area contributed by atoms with E-state index in [0.29, 0.717) is 0 Å². The summed E-state index contributed by atoms with van der Waals surface area (Å²) < 4.78 is 34.9. The summed E-state index contributed by atoms with van der Waals surface area (Å²) >= 11 is 0. The van der Waals surface area contributed by atoms with Gasteiger partial charge in [0.15, 0.2) is 0 Å². The minimum atomic E-state index is -1.92. The molecule has 12 nitrogen and oxygen atoms in total. The fourth-order valence-electron chi connectivity index (χ4n) is 5.13. The minimum absolute atomic E-state index is 0.124. The van der Waals surface area contributed by atoms with Crippen LogP contribution in [0.3, 0.4) is 0 Å². The Labute approximate surface area is 231 Å². The van der Waals surface area contributed by atoms with Crippen LogP contribution in [0.1, 0.15) is 11.1 Å². The fourth-order valence-corrected chi connectivity index (χ4v) is 5.13. The summed E-state index contributed by atoms with van der Waals surface area (Å²) in [6, 6.07) is 18.7. The molecule has 2 aromatic rings. The maximum absolute atomic E-state index is 10.8. The Morgan fingerprint density at radius 1 is 0.575 bits per heavy atom. The highest BCUT2D eigenvalue weighted by atomic mass is 16.8. The Bertz CT molecular complexity index is 978. The van der Waals surface area contributed by atoms with Crippen molar-refractivity contribution in [2.24, 2.45) is 0 Å². The van der Waals surface area contributed by atoms with E-state index in [1.54, 1.807) is 0 Å². The quantitative estimate of drug-likeness (QED) is 0.227. The molecule has 40 heavy (non-hydrogen) atoms. The molecule has 2 spiro atoms. The number of hydrogen-bond acceptors (Lipinski definition) is 12. The number of ether oxygens (including phenoxy) is 6. The summed E-state index contributed by atoms with van der Waals surface area (Å²) in [6.45, 7) is -0.863. The smallest absolute Gasteiger partial charge is 0.222 e. The summed E-state index contributed by atoms with van der Waals surface area (Å²) in [5.41, 5.74) is 1.79. The highest BCUT2D eigenvalue weighted by molar-refractivity contribution is 5.14. The molecule has 3 saturated heterocycles. The van der Waals surface area contributed by atoms with Gasteiger partial charge in [0.05, 0.1) is 26.4 Å². The van der Waals surface area contributed by atoms with Crippen LogP contribution in [0.15, 0.2) is 60.7 Å². The Balaban J connectivity index is 1.22. The third kappa shape index (κ3) is 5.95. The lowest BCUT2D eigenvalue weighted by atomic mass is 9.89. The molecular weight excluding hydrogens is 528 g/mol. The monoisotopic (exact) mass is 564 g/mol.